The molecule has 8 rings (SSSR count). The molecule has 1 aliphatic rings. The first-order chi connectivity index (χ1) is 26.5. The predicted octanol–water partition coefficient (Wildman–Crippen LogP) is 12.7. The van der Waals surface area contributed by atoms with E-state index in [0.29, 0.717) is 5.71 Å². The summed E-state index contributed by atoms with van der Waals surface area (Å²) in [7, 11) is -1.70. The van der Waals surface area contributed by atoms with E-state index in [1.54, 1.807) is 0 Å². The third-order valence-corrected chi connectivity index (χ3v) is 12.7. The molecule has 1 saturated carbocycles. The zero-order valence-corrected chi connectivity index (χ0v) is 36.8. The summed E-state index contributed by atoms with van der Waals surface area (Å²) in [6, 6.07) is 39.1. The van der Waals surface area contributed by atoms with Crippen LogP contribution in [-0.4, -0.2) is 23.0 Å². The van der Waals surface area contributed by atoms with Gasteiger partial charge >= 0.3 is 0 Å². The van der Waals surface area contributed by atoms with Gasteiger partial charge in [-0.3, -0.25) is 0 Å². The molecule has 285 valence electrons. The monoisotopic (exact) mass is 922 g/mol. The average Bonchev–Trinajstić information content (AvgIpc) is 3.87. The Hall–Kier alpha value is -4.22. The quantitative estimate of drug-likeness (QED) is 0.118. The number of pyridine rings is 3. The second kappa shape index (κ2) is 16.5. The van der Waals surface area contributed by atoms with Crippen molar-refractivity contribution < 1.29 is 27.3 Å². The van der Waals surface area contributed by atoms with E-state index in [9.17, 15) is 0 Å². The van der Waals surface area contributed by atoms with Gasteiger partial charge in [-0.05, 0) is 76.3 Å². The number of benzene rings is 3. The predicted molar refractivity (Wildman–Crippen MR) is 229 cm³/mol. The van der Waals surface area contributed by atoms with Gasteiger partial charge in [0.15, 0.2) is 0 Å². The van der Waals surface area contributed by atoms with E-state index in [1.807, 2.05) is 87.8 Å². The van der Waals surface area contributed by atoms with Crippen molar-refractivity contribution in [3.8, 4) is 33.8 Å². The normalized spacial score (nSPS) is 14.5. The van der Waals surface area contributed by atoms with Gasteiger partial charge in [0, 0.05) is 46.2 Å². The van der Waals surface area contributed by atoms with Gasteiger partial charge in [-0.1, -0.05) is 121 Å². The minimum Gasteiger partial charge on any atom is -0.486 e. The SMILES string of the molecule is CC(C)(c1ccnc(-c2[c-]cc3oc4nc(-c5ccccc5)ccc4c3c2)c1)C1CCCC1.[2H]C([2H])(c1cc(-c2[c-]cccc2)ncc1[Si](C)(C)C)C(C)(C)C.[Ir]. The maximum Gasteiger partial charge on any atom is 0.216 e. The molecule has 0 amide bonds. The number of hydrogen-bond donors (Lipinski definition) is 0. The molecule has 0 atom stereocenters. The summed E-state index contributed by atoms with van der Waals surface area (Å²) in [6.45, 7) is 17.3. The van der Waals surface area contributed by atoms with E-state index in [-0.39, 0.29) is 25.5 Å². The first-order valence-corrected chi connectivity index (χ1v) is 22.8. The van der Waals surface area contributed by atoms with E-state index in [2.05, 4.69) is 93.1 Å². The molecular weight excluding hydrogens is 867 g/mol. The first-order valence-electron chi connectivity index (χ1n) is 20.3. The molecule has 4 aromatic heterocycles. The average molecular weight is 922 g/mol. The third kappa shape index (κ3) is 9.26. The molecule has 4 heterocycles. The summed E-state index contributed by atoms with van der Waals surface area (Å²) in [4.78, 5) is 14.1. The van der Waals surface area contributed by atoms with Crippen molar-refractivity contribution in [1.82, 2.24) is 15.0 Å². The minimum absolute atomic E-state index is 0. The number of furan rings is 1. The number of hydrogen-bond acceptors (Lipinski definition) is 4. The fraction of sp³-hybridized carbons (Fsp3) is 0.327. The molecule has 0 saturated heterocycles. The van der Waals surface area contributed by atoms with Crippen molar-refractivity contribution in [2.45, 2.75) is 91.7 Å². The number of nitrogens with zero attached hydrogens (tertiary/aromatic N) is 3. The van der Waals surface area contributed by atoms with E-state index >= 15 is 0 Å². The van der Waals surface area contributed by atoms with Crippen LogP contribution in [0.3, 0.4) is 0 Å². The maximum absolute atomic E-state index is 8.75. The van der Waals surface area contributed by atoms with Crippen LogP contribution in [0.2, 0.25) is 19.6 Å². The van der Waals surface area contributed by atoms with Gasteiger partial charge in [0.05, 0.1) is 19.4 Å². The topological polar surface area (TPSA) is 51.8 Å². The second-order valence-corrected chi connectivity index (χ2v) is 22.3. The van der Waals surface area contributed by atoms with E-state index in [4.69, 9.17) is 17.1 Å². The van der Waals surface area contributed by atoms with Crippen LogP contribution in [0.25, 0.3) is 55.8 Å². The van der Waals surface area contributed by atoms with Crippen LogP contribution in [0.5, 0.6) is 0 Å². The first kappa shape index (κ1) is 37.7. The van der Waals surface area contributed by atoms with Crippen LogP contribution < -0.4 is 5.19 Å². The van der Waals surface area contributed by atoms with Gasteiger partial charge < -0.3 is 14.4 Å². The summed E-state index contributed by atoms with van der Waals surface area (Å²) >= 11 is 0. The van der Waals surface area contributed by atoms with Gasteiger partial charge in [-0.15, -0.1) is 59.7 Å². The molecular formula is C49H53IrN3OSi-2. The van der Waals surface area contributed by atoms with Gasteiger partial charge in [-0.25, -0.2) is 4.98 Å². The molecule has 0 bridgehead atoms. The molecule has 0 unspecified atom stereocenters. The Morgan fingerprint density at radius 1 is 0.782 bits per heavy atom. The zero-order chi connectivity index (χ0) is 39.9. The number of fused-ring (bicyclic) bond motifs is 3. The van der Waals surface area contributed by atoms with Crippen LogP contribution >= 0.6 is 0 Å². The Kier molecular flexibility index (Phi) is 11.3. The van der Waals surface area contributed by atoms with Crippen LogP contribution in [0.15, 0.2) is 114 Å². The molecule has 7 aromatic rings. The fourth-order valence-corrected chi connectivity index (χ4v) is 9.03. The van der Waals surface area contributed by atoms with Crippen LogP contribution in [-0.2, 0) is 31.9 Å². The third-order valence-electron chi connectivity index (χ3n) is 10.7. The largest absolute Gasteiger partial charge is 0.486 e. The van der Waals surface area contributed by atoms with Gasteiger partial charge in [0.1, 0.15) is 0 Å². The fourth-order valence-electron chi connectivity index (χ4n) is 7.64. The Balaban J connectivity index is 0.000000203. The van der Waals surface area contributed by atoms with E-state index in [0.717, 1.165) is 66.8 Å². The van der Waals surface area contributed by atoms with Crippen molar-refractivity contribution in [2.24, 2.45) is 11.3 Å². The van der Waals surface area contributed by atoms with Crippen LogP contribution in [0.4, 0.5) is 0 Å². The Morgan fingerprint density at radius 3 is 2.20 bits per heavy atom. The summed E-state index contributed by atoms with van der Waals surface area (Å²) in [5, 5.41) is 3.16. The van der Waals surface area contributed by atoms with Gasteiger partial charge in [-0.2, -0.15) is 0 Å². The summed E-state index contributed by atoms with van der Waals surface area (Å²) in [5.41, 5.74) is 8.90. The molecule has 0 aliphatic heterocycles. The molecule has 3 aromatic carbocycles. The molecule has 55 heavy (non-hydrogen) atoms. The maximum atomic E-state index is 8.75. The Labute approximate surface area is 345 Å². The van der Waals surface area contributed by atoms with Crippen molar-refractivity contribution in [3.63, 3.8) is 0 Å². The smallest absolute Gasteiger partial charge is 0.216 e. The van der Waals surface area contributed by atoms with Crippen LogP contribution in [0, 0.1) is 23.5 Å². The van der Waals surface area contributed by atoms with Gasteiger partial charge in [0.2, 0.25) is 5.71 Å². The Bertz CT molecular complexity index is 2460. The minimum atomic E-state index is -1.70. The molecule has 0 N–H and O–H groups in total. The van der Waals surface area contributed by atoms with Crippen LogP contribution in [0.1, 0.15) is 74.2 Å². The summed E-state index contributed by atoms with van der Waals surface area (Å²) in [6.07, 6.45) is 7.76. The van der Waals surface area contributed by atoms with E-state index < -0.39 is 19.9 Å². The van der Waals surface area contributed by atoms with Gasteiger partial charge in [0.25, 0.3) is 0 Å². The molecule has 1 aliphatic carbocycles. The molecule has 4 nitrogen and oxygen atoms in total. The second-order valence-electron chi connectivity index (χ2n) is 17.3. The van der Waals surface area contributed by atoms with Crippen molar-refractivity contribution in [2.75, 3.05) is 0 Å². The molecule has 6 heteroatoms. The van der Waals surface area contributed by atoms with E-state index in [1.165, 1.54) is 31.2 Å². The summed E-state index contributed by atoms with van der Waals surface area (Å²) in [5.74, 6) is 0.738. The van der Waals surface area contributed by atoms with Crippen molar-refractivity contribution in [3.05, 3.63) is 133 Å². The zero-order valence-electron chi connectivity index (χ0n) is 35.4. The summed E-state index contributed by atoms with van der Waals surface area (Å²) < 4.78 is 23.6. The number of aromatic nitrogens is 3. The Morgan fingerprint density at radius 2 is 1.51 bits per heavy atom. The standard InChI is InChI=1S/C30H27N2O.C19H26NSi.Ir/c1-30(2,22-10-6-7-11-22)23-16-17-31-27(19-23)21-12-15-28-25(18-21)24-13-14-26(32-29(24)33-28)20-8-4-3-5-9-20;1-19(2,3)13-16-12-17(15-10-8-7-9-11-15)20-14-18(16)21(4,5)6;/h3-5,8-9,13-19,22H,6-7,10-11H2,1-2H3;7-10,12,14H,13H2,1-6H3;/q2*-1;/i;13D2;. The molecule has 1 radical (unpaired) electrons. The number of rotatable bonds is 7. The van der Waals surface area contributed by atoms with Crippen molar-refractivity contribution in [1.29, 1.82) is 0 Å². The molecule has 1 fully saturated rings. The van der Waals surface area contributed by atoms with Crippen molar-refractivity contribution >= 4 is 35.3 Å². The molecule has 0 spiro atoms.